The van der Waals surface area contributed by atoms with Gasteiger partial charge < -0.3 is 4.57 Å². The summed E-state index contributed by atoms with van der Waals surface area (Å²) in [5.41, 5.74) is 2.49. The van der Waals surface area contributed by atoms with E-state index < -0.39 is 0 Å². The van der Waals surface area contributed by atoms with Crippen LogP contribution in [0.3, 0.4) is 0 Å². The SMILES string of the molecule is C=Cn1ncc(CN(CCCn2ccnc2)C[C@@H]2CC=CCC2)c1C. The van der Waals surface area contributed by atoms with Crippen molar-refractivity contribution in [2.75, 3.05) is 13.1 Å². The van der Waals surface area contributed by atoms with E-state index >= 15 is 0 Å². The Bertz CT molecular complexity index is 683. The molecule has 2 aromatic heterocycles. The lowest BCUT2D eigenvalue weighted by atomic mass is 9.93. The van der Waals surface area contributed by atoms with Gasteiger partial charge in [0.05, 0.1) is 12.5 Å². The fraction of sp³-hybridized carbons (Fsp3) is 0.500. The average Bonchev–Trinajstić information content (AvgIpc) is 3.26. The molecule has 0 unspecified atom stereocenters. The van der Waals surface area contributed by atoms with Crippen molar-refractivity contribution in [2.45, 2.75) is 45.7 Å². The van der Waals surface area contributed by atoms with E-state index in [-0.39, 0.29) is 0 Å². The molecule has 1 aliphatic carbocycles. The Hall–Kier alpha value is -2.14. The fourth-order valence-corrected chi connectivity index (χ4v) is 3.56. The van der Waals surface area contributed by atoms with Crippen molar-refractivity contribution >= 4 is 6.20 Å². The van der Waals surface area contributed by atoms with Crippen molar-refractivity contribution in [3.63, 3.8) is 0 Å². The van der Waals surface area contributed by atoms with Crippen LogP contribution in [0.4, 0.5) is 0 Å². The lowest BCUT2D eigenvalue weighted by Crippen LogP contribution is -2.31. The molecule has 3 rings (SSSR count). The highest BCUT2D eigenvalue weighted by Crippen LogP contribution is 2.21. The molecule has 0 saturated heterocycles. The number of aromatic nitrogens is 4. The number of allylic oxidation sites excluding steroid dienone is 2. The Balaban J connectivity index is 1.60. The Labute approximate surface area is 150 Å². The van der Waals surface area contributed by atoms with Crippen molar-refractivity contribution in [1.29, 1.82) is 0 Å². The molecule has 1 atom stereocenters. The smallest absolute Gasteiger partial charge is 0.0945 e. The van der Waals surface area contributed by atoms with Gasteiger partial charge in [-0.1, -0.05) is 18.7 Å². The van der Waals surface area contributed by atoms with Crippen LogP contribution in [0.2, 0.25) is 0 Å². The van der Waals surface area contributed by atoms with Gasteiger partial charge in [-0.2, -0.15) is 5.10 Å². The van der Waals surface area contributed by atoms with Crippen LogP contribution >= 0.6 is 0 Å². The maximum atomic E-state index is 4.40. The lowest BCUT2D eigenvalue weighted by molar-refractivity contribution is 0.209. The van der Waals surface area contributed by atoms with E-state index in [1.165, 1.54) is 30.5 Å². The third-order valence-electron chi connectivity index (χ3n) is 5.06. The minimum Gasteiger partial charge on any atom is -0.337 e. The highest BCUT2D eigenvalue weighted by Gasteiger charge is 2.17. The van der Waals surface area contributed by atoms with Gasteiger partial charge in [0.2, 0.25) is 0 Å². The molecule has 0 spiro atoms. The van der Waals surface area contributed by atoms with Crippen LogP contribution in [-0.4, -0.2) is 37.3 Å². The molecule has 0 radical (unpaired) electrons. The second kappa shape index (κ2) is 8.81. The maximum Gasteiger partial charge on any atom is 0.0945 e. The summed E-state index contributed by atoms with van der Waals surface area (Å²) in [6.07, 6.45) is 19.1. The van der Waals surface area contributed by atoms with E-state index in [0.29, 0.717) is 0 Å². The topological polar surface area (TPSA) is 38.9 Å². The molecule has 0 fully saturated rings. The summed E-state index contributed by atoms with van der Waals surface area (Å²) in [5, 5.41) is 4.40. The zero-order valence-corrected chi connectivity index (χ0v) is 15.2. The normalized spacial score (nSPS) is 17.3. The molecule has 5 heteroatoms. The van der Waals surface area contributed by atoms with Crippen molar-refractivity contribution in [3.05, 3.63) is 54.9 Å². The van der Waals surface area contributed by atoms with Gasteiger partial charge >= 0.3 is 0 Å². The minimum absolute atomic E-state index is 0.771. The summed E-state index contributed by atoms with van der Waals surface area (Å²) in [6.45, 7) is 10.2. The molecule has 2 aromatic rings. The summed E-state index contributed by atoms with van der Waals surface area (Å²) >= 11 is 0. The van der Waals surface area contributed by atoms with Crippen molar-refractivity contribution in [2.24, 2.45) is 5.92 Å². The Morgan fingerprint density at radius 1 is 1.40 bits per heavy atom. The number of hydrogen-bond donors (Lipinski definition) is 0. The van der Waals surface area contributed by atoms with Crippen LogP contribution < -0.4 is 0 Å². The van der Waals surface area contributed by atoms with Crippen LogP contribution in [-0.2, 0) is 13.1 Å². The van der Waals surface area contributed by atoms with Crippen LogP contribution in [0, 0.1) is 12.8 Å². The maximum absolute atomic E-state index is 4.40. The van der Waals surface area contributed by atoms with Crippen LogP contribution in [0.1, 0.15) is 36.9 Å². The number of aryl methyl sites for hydroxylation is 1. The first-order valence-electron chi connectivity index (χ1n) is 9.25. The molecule has 0 aromatic carbocycles. The number of hydrogen-bond acceptors (Lipinski definition) is 3. The van der Waals surface area contributed by atoms with Crippen molar-refractivity contribution < 1.29 is 0 Å². The van der Waals surface area contributed by atoms with Crippen LogP contribution in [0.25, 0.3) is 6.20 Å². The molecule has 0 N–H and O–H groups in total. The molecule has 25 heavy (non-hydrogen) atoms. The first-order valence-corrected chi connectivity index (χ1v) is 9.25. The molecule has 1 aliphatic rings. The molecule has 0 aliphatic heterocycles. The summed E-state index contributed by atoms with van der Waals surface area (Å²) < 4.78 is 4.02. The molecular formula is C20H29N5. The molecule has 2 heterocycles. The largest absolute Gasteiger partial charge is 0.337 e. The van der Waals surface area contributed by atoms with Gasteiger partial charge in [-0.05, 0) is 38.5 Å². The molecule has 0 bridgehead atoms. The molecular weight excluding hydrogens is 310 g/mol. The van der Waals surface area contributed by atoms with E-state index in [4.69, 9.17) is 0 Å². The first kappa shape index (κ1) is 17.7. The predicted octanol–water partition coefficient (Wildman–Crippen LogP) is 3.74. The van der Waals surface area contributed by atoms with E-state index in [2.05, 4.69) is 45.2 Å². The molecule has 134 valence electrons. The van der Waals surface area contributed by atoms with E-state index in [9.17, 15) is 0 Å². The zero-order chi connectivity index (χ0) is 17.5. The standard InChI is InChI=1S/C20H29N5/c1-3-25-18(2)20(14-22-25)16-24(15-19-8-5-4-6-9-19)12-7-11-23-13-10-21-17-23/h3-5,10,13-14,17,19H,1,6-9,11-12,15-16H2,2H3/t19-/m1/s1. The fourth-order valence-electron chi connectivity index (χ4n) is 3.56. The first-order chi connectivity index (χ1) is 12.3. The highest BCUT2D eigenvalue weighted by molar-refractivity contribution is 5.26. The number of rotatable bonds is 9. The van der Waals surface area contributed by atoms with Gasteiger partial charge in [-0.3, -0.25) is 4.90 Å². The average molecular weight is 339 g/mol. The lowest BCUT2D eigenvalue weighted by Gasteiger charge is -2.28. The van der Waals surface area contributed by atoms with Gasteiger partial charge in [0.1, 0.15) is 0 Å². The number of nitrogens with zero attached hydrogens (tertiary/aromatic N) is 5. The summed E-state index contributed by atoms with van der Waals surface area (Å²) in [7, 11) is 0. The Morgan fingerprint density at radius 3 is 3.00 bits per heavy atom. The van der Waals surface area contributed by atoms with Crippen molar-refractivity contribution in [1.82, 2.24) is 24.2 Å². The Kier molecular flexibility index (Phi) is 6.23. The predicted molar refractivity (Wildman–Crippen MR) is 102 cm³/mol. The van der Waals surface area contributed by atoms with Gasteiger partial charge in [-0.15, -0.1) is 0 Å². The number of imidazole rings is 1. The monoisotopic (exact) mass is 339 g/mol. The second-order valence-electron chi connectivity index (χ2n) is 6.92. The third-order valence-corrected chi connectivity index (χ3v) is 5.06. The van der Waals surface area contributed by atoms with Gasteiger partial charge in [0.25, 0.3) is 0 Å². The van der Waals surface area contributed by atoms with Gasteiger partial charge in [0.15, 0.2) is 0 Å². The second-order valence-corrected chi connectivity index (χ2v) is 6.92. The Morgan fingerprint density at radius 2 is 2.32 bits per heavy atom. The summed E-state index contributed by atoms with van der Waals surface area (Å²) in [4.78, 5) is 6.72. The minimum atomic E-state index is 0.771. The van der Waals surface area contributed by atoms with E-state index in [1.54, 1.807) is 6.20 Å². The molecule has 0 amide bonds. The van der Waals surface area contributed by atoms with E-state index in [0.717, 1.165) is 38.5 Å². The summed E-state index contributed by atoms with van der Waals surface area (Å²) in [6, 6.07) is 0. The quantitative estimate of drug-likeness (QED) is 0.653. The van der Waals surface area contributed by atoms with Crippen LogP contribution in [0.5, 0.6) is 0 Å². The van der Waals surface area contributed by atoms with Crippen molar-refractivity contribution in [3.8, 4) is 0 Å². The molecule has 0 saturated carbocycles. The molecule has 5 nitrogen and oxygen atoms in total. The van der Waals surface area contributed by atoms with Gasteiger partial charge in [0, 0.05) is 56.0 Å². The van der Waals surface area contributed by atoms with Gasteiger partial charge in [-0.25, -0.2) is 9.67 Å². The highest BCUT2D eigenvalue weighted by atomic mass is 15.3. The summed E-state index contributed by atoms with van der Waals surface area (Å²) in [5.74, 6) is 0.771. The third kappa shape index (κ3) is 4.92. The van der Waals surface area contributed by atoms with Crippen LogP contribution in [0.15, 0.2) is 43.6 Å². The van der Waals surface area contributed by atoms with E-state index in [1.807, 2.05) is 29.6 Å². The zero-order valence-electron chi connectivity index (χ0n) is 15.2.